The molecule has 1 fully saturated rings. The molecule has 0 spiro atoms. The summed E-state index contributed by atoms with van der Waals surface area (Å²) < 4.78 is 37.6. The molecule has 0 bridgehead atoms. The number of alkyl halides is 3. The van der Waals surface area contributed by atoms with Gasteiger partial charge < -0.3 is 10.4 Å². The standard InChI is InChI=1S/C13H12F3NO3/c14-13(15,16)9-4-1-3-8(7-9)10(18)17-12(11(19)20)5-2-6-12/h1,3-4,7H,2,5-6H2,(H,17,18)(H,19,20). The van der Waals surface area contributed by atoms with Crippen molar-refractivity contribution in [3.63, 3.8) is 0 Å². The van der Waals surface area contributed by atoms with Crippen molar-refractivity contribution in [3.05, 3.63) is 35.4 Å². The maximum absolute atomic E-state index is 12.5. The maximum Gasteiger partial charge on any atom is 0.416 e. The van der Waals surface area contributed by atoms with Crippen LogP contribution in [0.5, 0.6) is 0 Å². The molecule has 0 unspecified atom stereocenters. The number of rotatable bonds is 3. The molecule has 1 amide bonds. The van der Waals surface area contributed by atoms with Crippen LogP contribution in [0.1, 0.15) is 35.2 Å². The van der Waals surface area contributed by atoms with Gasteiger partial charge in [-0.1, -0.05) is 6.07 Å². The van der Waals surface area contributed by atoms with Crippen molar-refractivity contribution in [2.45, 2.75) is 31.0 Å². The van der Waals surface area contributed by atoms with Crippen molar-refractivity contribution < 1.29 is 27.9 Å². The van der Waals surface area contributed by atoms with E-state index in [-0.39, 0.29) is 18.4 Å². The number of hydrogen-bond donors (Lipinski definition) is 2. The van der Waals surface area contributed by atoms with Crippen LogP contribution in [0.25, 0.3) is 0 Å². The topological polar surface area (TPSA) is 66.4 Å². The SMILES string of the molecule is O=C(NC1(C(=O)O)CCC1)c1cccc(C(F)(F)F)c1. The summed E-state index contributed by atoms with van der Waals surface area (Å²) in [6.07, 6.45) is -3.31. The zero-order valence-corrected chi connectivity index (χ0v) is 10.3. The zero-order valence-electron chi connectivity index (χ0n) is 10.3. The van der Waals surface area contributed by atoms with Gasteiger partial charge in [-0.3, -0.25) is 4.79 Å². The molecule has 0 atom stereocenters. The highest BCUT2D eigenvalue weighted by molar-refractivity contribution is 5.98. The number of halogens is 3. The van der Waals surface area contributed by atoms with Crippen LogP contribution in [0.3, 0.4) is 0 Å². The first-order valence-corrected chi connectivity index (χ1v) is 5.98. The highest BCUT2D eigenvalue weighted by atomic mass is 19.4. The van der Waals surface area contributed by atoms with Crippen molar-refractivity contribution in [2.75, 3.05) is 0 Å². The highest BCUT2D eigenvalue weighted by Crippen LogP contribution is 2.33. The average Bonchev–Trinajstić information content (AvgIpc) is 2.32. The van der Waals surface area contributed by atoms with E-state index in [1.807, 2.05) is 0 Å². The van der Waals surface area contributed by atoms with E-state index in [1.54, 1.807) is 0 Å². The molecule has 7 heteroatoms. The number of nitrogens with one attached hydrogen (secondary N) is 1. The van der Waals surface area contributed by atoms with E-state index < -0.39 is 29.2 Å². The molecule has 1 saturated carbocycles. The minimum absolute atomic E-state index is 0.202. The molecule has 0 aromatic heterocycles. The third-order valence-corrected chi connectivity index (χ3v) is 3.42. The second kappa shape index (κ2) is 4.81. The Labute approximate surface area is 112 Å². The largest absolute Gasteiger partial charge is 0.480 e. The number of carbonyl (C=O) groups excluding carboxylic acids is 1. The lowest BCUT2D eigenvalue weighted by atomic mass is 9.76. The van der Waals surface area contributed by atoms with Gasteiger partial charge in [0.25, 0.3) is 5.91 Å². The Morgan fingerprint density at radius 1 is 1.25 bits per heavy atom. The molecule has 1 aromatic rings. The van der Waals surface area contributed by atoms with E-state index in [2.05, 4.69) is 5.32 Å². The van der Waals surface area contributed by atoms with Crippen molar-refractivity contribution in [3.8, 4) is 0 Å². The third-order valence-electron chi connectivity index (χ3n) is 3.42. The Morgan fingerprint density at radius 2 is 1.90 bits per heavy atom. The molecule has 1 aliphatic carbocycles. The van der Waals surface area contributed by atoms with Gasteiger partial charge in [0.15, 0.2) is 0 Å². The number of hydrogen-bond acceptors (Lipinski definition) is 2. The van der Waals surface area contributed by atoms with E-state index in [0.717, 1.165) is 12.1 Å². The molecule has 1 aromatic carbocycles. The normalized spacial score (nSPS) is 17.1. The molecule has 20 heavy (non-hydrogen) atoms. The molecular formula is C13H12F3NO3. The lowest BCUT2D eigenvalue weighted by Gasteiger charge is -2.38. The highest BCUT2D eigenvalue weighted by Gasteiger charge is 2.45. The van der Waals surface area contributed by atoms with E-state index >= 15 is 0 Å². The fourth-order valence-corrected chi connectivity index (χ4v) is 2.05. The van der Waals surface area contributed by atoms with Crippen LogP contribution in [0, 0.1) is 0 Å². The molecule has 0 aliphatic heterocycles. The minimum atomic E-state index is -4.54. The molecule has 2 N–H and O–H groups in total. The van der Waals surface area contributed by atoms with Crippen molar-refractivity contribution in [1.82, 2.24) is 5.32 Å². The fraction of sp³-hybridized carbons (Fsp3) is 0.385. The Hall–Kier alpha value is -2.05. The van der Waals surface area contributed by atoms with Crippen LogP contribution in [0.15, 0.2) is 24.3 Å². The quantitative estimate of drug-likeness (QED) is 0.897. The fourth-order valence-electron chi connectivity index (χ4n) is 2.05. The van der Waals surface area contributed by atoms with Gasteiger partial charge in [0, 0.05) is 5.56 Å². The summed E-state index contributed by atoms with van der Waals surface area (Å²) in [5.74, 6) is -1.97. The van der Waals surface area contributed by atoms with Gasteiger partial charge in [-0.25, -0.2) is 4.79 Å². The lowest BCUT2D eigenvalue weighted by molar-refractivity contribution is -0.148. The molecule has 4 nitrogen and oxygen atoms in total. The van der Waals surface area contributed by atoms with E-state index in [0.29, 0.717) is 12.5 Å². The van der Waals surface area contributed by atoms with Gasteiger partial charge in [-0.05, 0) is 37.5 Å². The number of carboxylic acids is 1. The van der Waals surface area contributed by atoms with Crippen LogP contribution in [0.4, 0.5) is 13.2 Å². The Morgan fingerprint density at radius 3 is 2.35 bits per heavy atom. The number of amides is 1. The first-order chi connectivity index (χ1) is 9.24. The zero-order chi connectivity index (χ0) is 15.0. The monoisotopic (exact) mass is 287 g/mol. The Kier molecular flexibility index (Phi) is 3.45. The predicted molar refractivity (Wildman–Crippen MR) is 63.1 cm³/mol. The molecular weight excluding hydrogens is 275 g/mol. The minimum Gasteiger partial charge on any atom is -0.480 e. The van der Waals surface area contributed by atoms with Gasteiger partial charge in [-0.2, -0.15) is 13.2 Å². The molecule has 0 heterocycles. The van der Waals surface area contributed by atoms with Gasteiger partial charge in [-0.15, -0.1) is 0 Å². The summed E-state index contributed by atoms with van der Waals surface area (Å²) in [7, 11) is 0. The second-order valence-electron chi connectivity index (χ2n) is 4.77. The van der Waals surface area contributed by atoms with Crippen LogP contribution in [-0.4, -0.2) is 22.5 Å². The summed E-state index contributed by atoms with van der Waals surface area (Å²) in [6.45, 7) is 0. The summed E-state index contributed by atoms with van der Waals surface area (Å²) in [5, 5.41) is 11.4. The average molecular weight is 287 g/mol. The Balaban J connectivity index is 2.20. The number of carbonyl (C=O) groups is 2. The van der Waals surface area contributed by atoms with E-state index in [9.17, 15) is 22.8 Å². The second-order valence-corrected chi connectivity index (χ2v) is 4.77. The van der Waals surface area contributed by atoms with E-state index in [4.69, 9.17) is 5.11 Å². The van der Waals surface area contributed by atoms with Crippen molar-refractivity contribution in [2.24, 2.45) is 0 Å². The van der Waals surface area contributed by atoms with Crippen molar-refractivity contribution in [1.29, 1.82) is 0 Å². The molecule has 2 rings (SSSR count). The van der Waals surface area contributed by atoms with Crippen LogP contribution in [-0.2, 0) is 11.0 Å². The van der Waals surface area contributed by atoms with Crippen LogP contribution < -0.4 is 5.32 Å². The first-order valence-electron chi connectivity index (χ1n) is 5.98. The maximum atomic E-state index is 12.5. The first kappa shape index (κ1) is 14.4. The lowest BCUT2D eigenvalue weighted by Crippen LogP contribution is -2.59. The van der Waals surface area contributed by atoms with Gasteiger partial charge in [0.1, 0.15) is 5.54 Å². The summed E-state index contributed by atoms with van der Waals surface area (Å²) in [4.78, 5) is 23.0. The van der Waals surface area contributed by atoms with Crippen LogP contribution in [0.2, 0.25) is 0 Å². The van der Waals surface area contributed by atoms with Crippen molar-refractivity contribution >= 4 is 11.9 Å². The molecule has 0 radical (unpaired) electrons. The smallest absolute Gasteiger partial charge is 0.416 e. The summed E-state index contributed by atoms with van der Waals surface area (Å²) >= 11 is 0. The van der Waals surface area contributed by atoms with Gasteiger partial charge in [0.05, 0.1) is 5.56 Å². The Bertz CT molecular complexity index is 550. The van der Waals surface area contributed by atoms with E-state index in [1.165, 1.54) is 6.07 Å². The van der Waals surface area contributed by atoms with Gasteiger partial charge in [0.2, 0.25) is 0 Å². The van der Waals surface area contributed by atoms with Crippen LogP contribution >= 0.6 is 0 Å². The van der Waals surface area contributed by atoms with Gasteiger partial charge >= 0.3 is 12.1 Å². The summed E-state index contributed by atoms with van der Waals surface area (Å²) in [5.41, 5.74) is -2.49. The molecule has 1 aliphatic rings. The molecule has 0 saturated heterocycles. The number of benzene rings is 1. The molecule has 108 valence electrons. The summed E-state index contributed by atoms with van der Waals surface area (Å²) in [6, 6.07) is 3.90. The number of aliphatic carboxylic acids is 1. The third kappa shape index (κ3) is 2.61. The number of carboxylic acid groups (broad SMARTS) is 1. The predicted octanol–water partition coefficient (Wildman–Crippen LogP) is 2.44.